The second-order valence-corrected chi connectivity index (χ2v) is 10.7. The molecule has 1 heterocycles. The smallest absolute Gasteiger partial charge is 0.107 e. The van der Waals surface area contributed by atoms with E-state index < -0.39 is 6.10 Å². The Balaban J connectivity index is 1.26. The standard InChI is InChI=1S/C27H32ClNO3/c28-25-8-7-20(26-14-23(30)13-24(32-26)17-29-31)12-21(25)11-18-3-5-19(6-4-18)22-15-27(16-22)9-1-2-10-27/h3-8,12,22-24,26,30H,1-2,9-11,13-17H2/t23-,24-,26+/m0/s1. The fourth-order valence-electron chi connectivity index (χ4n) is 6.22. The van der Waals surface area contributed by atoms with Gasteiger partial charge in [0.25, 0.3) is 0 Å². The summed E-state index contributed by atoms with van der Waals surface area (Å²) in [5.74, 6) is 0.734. The predicted molar refractivity (Wildman–Crippen MR) is 127 cm³/mol. The molecule has 0 amide bonds. The molecule has 5 rings (SSSR count). The van der Waals surface area contributed by atoms with Crippen LogP contribution in [-0.2, 0) is 11.2 Å². The van der Waals surface area contributed by atoms with Gasteiger partial charge < -0.3 is 9.84 Å². The number of hydrogen-bond donors (Lipinski definition) is 1. The van der Waals surface area contributed by atoms with Gasteiger partial charge in [-0.05, 0) is 71.8 Å². The van der Waals surface area contributed by atoms with E-state index in [1.54, 1.807) is 0 Å². The number of ether oxygens (including phenoxy) is 1. The van der Waals surface area contributed by atoms with E-state index in [4.69, 9.17) is 16.3 Å². The van der Waals surface area contributed by atoms with Crippen LogP contribution in [0.2, 0.25) is 5.02 Å². The fraction of sp³-hybridized carbons (Fsp3) is 0.556. The van der Waals surface area contributed by atoms with Crippen molar-refractivity contribution in [3.8, 4) is 0 Å². The van der Waals surface area contributed by atoms with Crippen molar-refractivity contribution in [2.45, 2.75) is 82.0 Å². The molecular formula is C27H32ClNO3. The quantitative estimate of drug-likeness (QED) is 0.494. The van der Waals surface area contributed by atoms with Gasteiger partial charge in [0, 0.05) is 17.9 Å². The lowest BCUT2D eigenvalue weighted by Crippen LogP contribution is -2.33. The van der Waals surface area contributed by atoms with E-state index in [1.807, 2.05) is 12.1 Å². The molecule has 3 fully saturated rings. The van der Waals surface area contributed by atoms with Crippen molar-refractivity contribution >= 4 is 11.6 Å². The second-order valence-electron chi connectivity index (χ2n) is 10.3. The van der Waals surface area contributed by atoms with Gasteiger partial charge in [-0.15, -0.1) is 0 Å². The second kappa shape index (κ2) is 9.24. The molecule has 1 saturated heterocycles. The van der Waals surface area contributed by atoms with E-state index in [0.29, 0.717) is 18.3 Å². The first-order valence-corrected chi connectivity index (χ1v) is 12.4. The largest absolute Gasteiger partial charge is 0.393 e. The van der Waals surface area contributed by atoms with Gasteiger partial charge in [-0.1, -0.05) is 66.0 Å². The average molecular weight is 454 g/mol. The van der Waals surface area contributed by atoms with Crippen molar-refractivity contribution in [2.75, 3.05) is 6.54 Å². The zero-order valence-corrected chi connectivity index (χ0v) is 19.3. The van der Waals surface area contributed by atoms with Crippen molar-refractivity contribution in [2.24, 2.45) is 10.6 Å². The first-order valence-electron chi connectivity index (χ1n) is 12.0. The Morgan fingerprint density at radius 3 is 2.47 bits per heavy atom. The van der Waals surface area contributed by atoms with Crippen molar-refractivity contribution in [1.29, 1.82) is 0 Å². The van der Waals surface area contributed by atoms with Crippen LogP contribution < -0.4 is 0 Å². The molecule has 32 heavy (non-hydrogen) atoms. The Morgan fingerprint density at radius 2 is 1.75 bits per heavy atom. The van der Waals surface area contributed by atoms with Gasteiger partial charge in [-0.3, -0.25) is 0 Å². The van der Waals surface area contributed by atoms with Gasteiger partial charge in [0.15, 0.2) is 0 Å². The van der Waals surface area contributed by atoms with Gasteiger partial charge in [-0.2, -0.15) is 4.91 Å². The van der Waals surface area contributed by atoms with Crippen LogP contribution in [0.15, 0.2) is 47.6 Å². The highest BCUT2D eigenvalue weighted by Crippen LogP contribution is 2.59. The van der Waals surface area contributed by atoms with Crippen LogP contribution in [0.4, 0.5) is 0 Å². The minimum atomic E-state index is -0.484. The zero-order valence-electron chi connectivity index (χ0n) is 18.5. The fourth-order valence-corrected chi connectivity index (χ4v) is 6.40. The molecule has 0 aromatic heterocycles. The molecule has 2 aromatic carbocycles. The van der Waals surface area contributed by atoms with Crippen LogP contribution in [0.1, 0.15) is 85.6 Å². The summed E-state index contributed by atoms with van der Waals surface area (Å²) in [7, 11) is 0. The number of benzene rings is 2. The van der Waals surface area contributed by atoms with Crippen molar-refractivity contribution in [1.82, 2.24) is 0 Å². The molecule has 3 atom stereocenters. The summed E-state index contributed by atoms with van der Waals surface area (Å²) >= 11 is 6.53. The first kappa shape index (κ1) is 22.1. The summed E-state index contributed by atoms with van der Waals surface area (Å²) in [5.41, 5.74) is 5.44. The maximum absolute atomic E-state index is 10.6. The SMILES string of the molecule is O=NC[C@@H]1C[C@H](O)C[C@H](c2ccc(Cl)c(Cc3ccc(C4CC5(CCCC5)C4)cc3)c2)O1. The molecule has 2 aliphatic carbocycles. The third-order valence-corrected chi connectivity index (χ3v) is 8.34. The summed E-state index contributed by atoms with van der Waals surface area (Å²) < 4.78 is 6.03. The Hall–Kier alpha value is -1.75. The molecule has 0 unspecified atom stereocenters. The number of nitrogens with zero attached hydrogens (tertiary/aromatic N) is 1. The number of aliphatic hydroxyl groups excluding tert-OH is 1. The lowest BCUT2D eigenvalue weighted by molar-refractivity contribution is -0.0930. The van der Waals surface area contributed by atoms with E-state index in [2.05, 4.69) is 35.5 Å². The monoisotopic (exact) mass is 453 g/mol. The molecule has 2 aromatic rings. The summed E-state index contributed by atoms with van der Waals surface area (Å²) in [6, 6.07) is 15.0. The number of hydrogen-bond acceptors (Lipinski definition) is 4. The van der Waals surface area contributed by atoms with Crippen LogP contribution >= 0.6 is 11.6 Å². The minimum Gasteiger partial charge on any atom is -0.393 e. The summed E-state index contributed by atoms with van der Waals surface area (Å²) in [6.45, 7) is 0.0719. The zero-order chi connectivity index (χ0) is 22.1. The van der Waals surface area contributed by atoms with Gasteiger partial charge in [0.1, 0.15) is 6.54 Å². The first-order chi connectivity index (χ1) is 15.5. The maximum Gasteiger partial charge on any atom is 0.107 e. The third kappa shape index (κ3) is 4.64. The van der Waals surface area contributed by atoms with Crippen LogP contribution in [0.25, 0.3) is 0 Å². The average Bonchev–Trinajstić information content (AvgIpc) is 3.25. The molecule has 0 bridgehead atoms. The summed E-state index contributed by atoms with van der Waals surface area (Å²) in [5, 5.41) is 13.9. The third-order valence-electron chi connectivity index (χ3n) is 7.97. The number of rotatable bonds is 6. The molecule has 3 aliphatic rings. The molecule has 4 nitrogen and oxygen atoms in total. The number of halogens is 1. The van der Waals surface area contributed by atoms with E-state index in [-0.39, 0.29) is 18.8 Å². The van der Waals surface area contributed by atoms with Gasteiger partial charge in [-0.25, -0.2) is 0 Å². The molecule has 2 saturated carbocycles. The van der Waals surface area contributed by atoms with Crippen molar-refractivity contribution in [3.05, 3.63) is 74.6 Å². The predicted octanol–water partition coefficient (Wildman–Crippen LogP) is 6.72. The summed E-state index contributed by atoms with van der Waals surface area (Å²) in [4.78, 5) is 10.6. The van der Waals surface area contributed by atoms with Gasteiger partial charge >= 0.3 is 0 Å². The number of nitroso groups, excluding NO2 is 1. The van der Waals surface area contributed by atoms with E-state index in [0.717, 1.165) is 28.5 Å². The van der Waals surface area contributed by atoms with Gasteiger partial charge in [0.2, 0.25) is 0 Å². The highest BCUT2D eigenvalue weighted by molar-refractivity contribution is 6.31. The lowest BCUT2D eigenvalue weighted by atomic mass is 9.59. The lowest BCUT2D eigenvalue weighted by Gasteiger charge is -2.46. The van der Waals surface area contributed by atoms with Crippen molar-refractivity contribution in [3.63, 3.8) is 0 Å². The highest BCUT2D eigenvalue weighted by atomic mass is 35.5. The Labute approximate surface area is 195 Å². The van der Waals surface area contributed by atoms with E-state index in [9.17, 15) is 10.0 Å². The summed E-state index contributed by atoms with van der Waals surface area (Å²) in [6.07, 6.45) is 9.13. The van der Waals surface area contributed by atoms with E-state index >= 15 is 0 Å². The van der Waals surface area contributed by atoms with Crippen LogP contribution in [-0.4, -0.2) is 23.9 Å². The molecule has 1 spiro atoms. The van der Waals surface area contributed by atoms with Crippen molar-refractivity contribution < 1.29 is 9.84 Å². The molecule has 1 N–H and O–H groups in total. The normalized spacial score (nSPS) is 27.4. The van der Waals surface area contributed by atoms with Gasteiger partial charge in [0.05, 0.1) is 18.3 Å². The van der Waals surface area contributed by atoms with E-state index in [1.165, 1.54) is 49.7 Å². The van der Waals surface area contributed by atoms with Crippen LogP contribution in [0.5, 0.6) is 0 Å². The topological polar surface area (TPSA) is 58.9 Å². The molecule has 170 valence electrons. The van der Waals surface area contributed by atoms with Crippen LogP contribution in [0.3, 0.4) is 0 Å². The Morgan fingerprint density at radius 1 is 1.03 bits per heavy atom. The highest BCUT2D eigenvalue weighted by Gasteiger charge is 2.45. The number of aliphatic hydroxyl groups is 1. The van der Waals surface area contributed by atoms with Crippen LogP contribution in [0, 0.1) is 10.3 Å². The maximum atomic E-state index is 10.6. The minimum absolute atomic E-state index is 0.0719. The molecular weight excluding hydrogens is 422 g/mol. The molecule has 1 aliphatic heterocycles. The Kier molecular flexibility index (Phi) is 6.37. The molecule has 5 heteroatoms. The Bertz CT molecular complexity index is 946. The molecule has 0 radical (unpaired) electrons.